The van der Waals surface area contributed by atoms with Gasteiger partial charge in [0.1, 0.15) is 0 Å². The molecule has 2 nitrogen and oxygen atoms in total. The van der Waals surface area contributed by atoms with Gasteiger partial charge in [0.2, 0.25) is 0 Å². The van der Waals surface area contributed by atoms with Crippen molar-refractivity contribution in [3.05, 3.63) is 22.4 Å². The summed E-state index contributed by atoms with van der Waals surface area (Å²) >= 11 is 1.81. The molecule has 1 aromatic rings. The maximum atomic E-state index is 3.74. The van der Waals surface area contributed by atoms with E-state index in [0.29, 0.717) is 11.6 Å². The minimum atomic E-state index is 0.348. The Morgan fingerprint density at radius 1 is 1.44 bits per heavy atom. The van der Waals surface area contributed by atoms with Gasteiger partial charge in [-0.25, -0.2) is 0 Å². The molecule has 0 aliphatic carbocycles. The van der Waals surface area contributed by atoms with Crippen LogP contribution in [0.25, 0.3) is 0 Å². The Bertz CT molecular complexity index is 343. The van der Waals surface area contributed by atoms with E-state index in [-0.39, 0.29) is 0 Å². The largest absolute Gasteiger partial charge is 0.309 e. The minimum Gasteiger partial charge on any atom is -0.309 e. The fourth-order valence-corrected chi connectivity index (χ4v) is 3.65. The van der Waals surface area contributed by atoms with E-state index in [2.05, 4.69) is 47.8 Å². The summed E-state index contributed by atoms with van der Waals surface area (Å²) in [5.41, 5.74) is 1.84. The maximum Gasteiger partial charge on any atom is 0.0304 e. The first kappa shape index (κ1) is 14.0. The Balaban J connectivity index is 1.95. The van der Waals surface area contributed by atoms with E-state index in [1.165, 1.54) is 37.9 Å². The van der Waals surface area contributed by atoms with Crippen LogP contribution in [0.1, 0.15) is 39.2 Å². The molecule has 0 amide bonds. The first-order valence-electron chi connectivity index (χ1n) is 7.19. The predicted molar refractivity (Wildman–Crippen MR) is 80.4 cm³/mol. The molecule has 2 heterocycles. The standard InChI is InChI=1S/C15H26N2S/c1-4-15(5-2)12-17(8-7-16-15)13(3)10-14-6-9-18-11-14/h6,9,11,13,16H,4-5,7-8,10,12H2,1-3H3. The van der Waals surface area contributed by atoms with Gasteiger partial charge >= 0.3 is 0 Å². The van der Waals surface area contributed by atoms with E-state index in [1.807, 2.05) is 0 Å². The molecule has 1 N–H and O–H groups in total. The Kier molecular flexibility index (Phi) is 4.82. The summed E-state index contributed by atoms with van der Waals surface area (Å²) < 4.78 is 0. The molecule has 0 spiro atoms. The molecule has 102 valence electrons. The SMILES string of the molecule is CCC1(CC)CN(C(C)Cc2ccsc2)CCN1. The van der Waals surface area contributed by atoms with Gasteiger partial charge in [-0.3, -0.25) is 4.90 Å². The number of hydrogen-bond donors (Lipinski definition) is 1. The van der Waals surface area contributed by atoms with Crippen molar-refractivity contribution in [1.29, 1.82) is 0 Å². The first-order valence-corrected chi connectivity index (χ1v) is 8.13. The molecule has 0 aromatic carbocycles. The van der Waals surface area contributed by atoms with Crippen LogP contribution in [0, 0.1) is 0 Å². The van der Waals surface area contributed by atoms with Crippen LogP contribution in [0.5, 0.6) is 0 Å². The molecular weight excluding hydrogens is 240 g/mol. The van der Waals surface area contributed by atoms with Crippen LogP contribution in [-0.2, 0) is 6.42 Å². The van der Waals surface area contributed by atoms with Gasteiger partial charge in [0.15, 0.2) is 0 Å². The molecule has 1 aliphatic rings. The minimum absolute atomic E-state index is 0.348. The molecule has 3 heteroatoms. The van der Waals surface area contributed by atoms with Crippen LogP contribution in [0.15, 0.2) is 16.8 Å². The number of thiophene rings is 1. The highest BCUT2D eigenvalue weighted by molar-refractivity contribution is 7.07. The molecule has 1 aliphatic heterocycles. The van der Waals surface area contributed by atoms with Gasteiger partial charge < -0.3 is 5.32 Å². The van der Waals surface area contributed by atoms with Gasteiger partial charge in [-0.1, -0.05) is 13.8 Å². The third kappa shape index (κ3) is 3.14. The van der Waals surface area contributed by atoms with Crippen LogP contribution in [0.2, 0.25) is 0 Å². The normalized spacial score (nSPS) is 21.9. The van der Waals surface area contributed by atoms with Crippen molar-refractivity contribution in [2.24, 2.45) is 0 Å². The first-order chi connectivity index (χ1) is 8.69. The van der Waals surface area contributed by atoms with Crippen LogP contribution in [-0.4, -0.2) is 36.1 Å². The van der Waals surface area contributed by atoms with Crippen molar-refractivity contribution in [3.63, 3.8) is 0 Å². The highest BCUT2D eigenvalue weighted by Gasteiger charge is 2.33. The zero-order valence-corrected chi connectivity index (χ0v) is 12.7. The Hall–Kier alpha value is -0.380. The van der Waals surface area contributed by atoms with E-state index < -0.39 is 0 Å². The summed E-state index contributed by atoms with van der Waals surface area (Å²) in [5, 5.41) is 8.20. The molecule has 18 heavy (non-hydrogen) atoms. The van der Waals surface area contributed by atoms with Crippen molar-refractivity contribution < 1.29 is 0 Å². The number of nitrogens with one attached hydrogen (secondary N) is 1. The van der Waals surface area contributed by atoms with Gasteiger partial charge in [0, 0.05) is 31.2 Å². The molecule has 1 saturated heterocycles. The Morgan fingerprint density at radius 3 is 2.83 bits per heavy atom. The maximum absolute atomic E-state index is 3.74. The van der Waals surface area contributed by atoms with Crippen molar-refractivity contribution in [2.45, 2.75) is 51.6 Å². The molecular formula is C15H26N2S. The molecule has 0 saturated carbocycles. The molecule has 0 bridgehead atoms. The zero-order valence-electron chi connectivity index (χ0n) is 11.9. The van der Waals surface area contributed by atoms with Gasteiger partial charge in [-0.05, 0) is 48.6 Å². The summed E-state index contributed by atoms with van der Waals surface area (Å²) in [5.74, 6) is 0. The van der Waals surface area contributed by atoms with E-state index in [9.17, 15) is 0 Å². The van der Waals surface area contributed by atoms with Crippen LogP contribution in [0.3, 0.4) is 0 Å². The fraction of sp³-hybridized carbons (Fsp3) is 0.733. The second-order valence-electron chi connectivity index (χ2n) is 5.57. The van der Waals surface area contributed by atoms with E-state index in [0.717, 1.165) is 6.54 Å². The zero-order chi connectivity index (χ0) is 13.0. The highest BCUT2D eigenvalue weighted by Crippen LogP contribution is 2.22. The topological polar surface area (TPSA) is 15.3 Å². The average molecular weight is 266 g/mol. The molecule has 1 aromatic heterocycles. The van der Waals surface area contributed by atoms with Gasteiger partial charge in [0.25, 0.3) is 0 Å². The smallest absolute Gasteiger partial charge is 0.0304 e. The lowest BCUT2D eigenvalue weighted by Crippen LogP contribution is -2.61. The van der Waals surface area contributed by atoms with E-state index >= 15 is 0 Å². The lowest BCUT2D eigenvalue weighted by atomic mass is 9.89. The third-order valence-electron chi connectivity index (χ3n) is 4.49. The van der Waals surface area contributed by atoms with Gasteiger partial charge in [0.05, 0.1) is 0 Å². The molecule has 1 fully saturated rings. The third-order valence-corrected chi connectivity index (χ3v) is 5.22. The summed E-state index contributed by atoms with van der Waals surface area (Å²) in [6.07, 6.45) is 3.64. The van der Waals surface area contributed by atoms with Crippen molar-refractivity contribution in [2.75, 3.05) is 19.6 Å². The lowest BCUT2D eigenvalue weighted by Gasteiger charge is -2.45. The molecule has 1 atom stereocenters. The van der Waals surface area contributed by atoms with E-state index in [1.54, 1.807) is 11.3 Å². The second kappa shape index (κ2) is 6.18. The highest BCUT2D eigenvalue weighted by atomic mass is 32.1. The van der Waals surface area contributed by atoms with Gasteiger partial charge in [-0.2, -0.15) is 11.3 Å². The fourth-order valence-electron chi connectivity index (χ4n) is 2.97. The number of nitrogens with zero attached hydrogens (tertiary/aromatic N) is 1. The summed E-state index contributed by atoms with van der Waals surface area (Å²) in [6.45, 7) is 10.5. The van der Waals surface area contributed by atoms with E-state index in [4.69, 9.17) is 0 Å². The lowest BCUT2D eigenvalue weighted by molar-refractivity contribution is 0.0920. The molecule has 1 unspecified atom stereocenters. The molecule has 0 radical (unpaired) electrons. The van der Waals surface area contributed by atoms with Crippen LogP contribution < -0.4 is 5.32 Å². The predicted octanol–water partition coefficient (Wildman–Crippen LogP) is 3.14. The average Bonchev–Trinajstić information content (AvgIpc) is 2.91. The quantitative estimate of drug-likeness (QED) is 0.881. The Morgan fingerprint density at radius 2 is 2.22 bits per heavy atom. The Labute approximate surface area is 115 Å². The second-order valence-corrected chi connectivity index (χ2v) is 6.35. The van der Waals surface area contributed by atoms with Crippen LogP contribution in [0.4, 0.5) is 0 Å². The molecule has 2 rings (SSSR count). The monoisotopic (exact) mass is 266 g/mol. The van der Waals surface area contributed by atoms with Crippen LogP contribution >= 0.6 is 11.3 Å². The summed E-state index contributed by atoms with van der Waals surface area (Å²) in [7, 11) is 0. The van der Waals surface area contributed by atoms with Gasteiger partial charge in [-0.15, -0.1) is 0 Å². The van der Waals surface area contributed by atoms with Crippen molar-refractivity contribution in [1.82, 2.24) is 10.2 Å². The van der Waals surface area contributed by atoms with Crippen molar-refractivity contribution in [3.8, 4) is 0 Å². The number of hydrogen-bond acceptors (Lipinski definition) is 3. The number of piperazine rings is 1. The number of rotatable bonds is 5. The summed E-state index contributed by atoms with van der Waals surface area (Å²) in [6, 6.07) is 2.91. The van der Waals surface area contributed by atoms with Crippen molar-refractivity contribution >= 4 is 11.3 Å². The summed E-state index contributed by atoms with van der Waals surface area (Å²) in [4.78, 5) is 2.67.